The van der Waals surface area contributed by atoms with Crippen molar-refractivity contribution in [2.24, 2.45) is 0 Å². The molecule has 0 bridgehead atoms. The predicted octanol–water partition coefficient (Wildman–Crippen LogP) is 0.490. The van der Waals surface area contributed by atoms with Crippen LogP contribution in [-0.2, 0) is 11.3 Å². The Morgan fingerprint density at radius 2 is 2.29 bits per heavy atom. The number of rotatable bonds is 6. The fourth-order valence-electron chi connectivity index (χ4n) is 1.84. The molecule has 1 heterocycles. The lowest BCUT2D eigenvalue weighted by atomic mass is 10.2. The smallest absolute Gasteiger partial charge is 0.320 e. The van der Waals surface area contributed by atoms with Gasteiger partial charge in [-0.05, 0) is 33.1 Å². The first-order valence-corrected chi connectivity index (χ1v) is 5.93. The van der Waals surface area contributed by atoms with Gasteiger partial charge in [-0.3, -0.25) is 9.48 Å². The molecule has 1 saturated carbocycles. The predicted molar refractivity (Wildman–Crippen MR) is 61.7 cm³/mol. The summed E-state index contributed by atoms with van der Waals surface area (Å²) in [5.41, 5.74) is 0. The zero-order valence-electron chi connectivity index (χ0n) is 10.2. The minimum Gasteiger partial charge on any atom is -0.480 e. The summed E-state index contributed by atoms with van der Waals surface area (Å²) in [7, 11) is 0. The van der Waals surface area contributed by atoms with Crippen molar-refractivity contribution in [3.8, 4) is 0 Å². The second-order valence-electron chi connectivity index (χ2n) is 4.55. The second-order valence-corrected chi connectivity index (χ2v) is 4.55. The highest BCUT2D eigenvalue weighted by Gasteiger charge is 2.28. The molecule has 0 aliphatic heterocycles. The van der Waals surface area contributed by atoms with Crippen molar-refractivity contribution < 1.29 is 9.90 Å². The minimum atomic E-state index is -0.786. The summed E-state index contributed by atoms with van der Waals surface area (Å²) in [6.45, 7) is 4.30. The van der Waals surface area contributed by atoms with Crippen LogP contribution in [0.3, 0.4) is 0 Å². The van der Waals surface area contributed by atoms with Crippen molar-refractivity contribution in [2.45, 2.75) is 51.7 Å². The lowest BCUT2D eigenvalue weighted by Crippen LogP contribution is -2.39. The Morgan fingerprint density at radius 3 is 2.76 bits per heavy atom. The van der Waals surface area contributed by atoms with Gasteiger partial charge in [-0.15, -0.1) is 0 Å². The lowest BCUT2D eigenvalue weighted by molar-refractivity contribution is -0.139. The fourth-order valence-corrected chi connectivity index (χ4v) is 1.84. The zero-order valence-corrected chi connectivity index (χ0v) is 10.2. The summed E-state index contributed by atoms with van der Waals surface area (Å²) in [6.07, 6.45) is 2.71. The topological polar surface area (TPSA) is 80.0 Å². The van der Waals surface area contributed by atoms with Gasteiger partial charge in [0.1, 0.15) is 17.7 Å². The molecule has 1 atom stereocenters. The highest BCUT2D eigenvalue weighted by molar-refractivity contribution is 5.73. The summed E-state index contributed by atoms with van der Waals surface area (Å²) < 4.78 is 1.76. The van der Waals surface area contributed by atoms with Gasteiger partial charge in [-0.25, -0.2) is 4.98 Å². The van der Waals surface area contributed by atoms with Crippen molar-refractivity contribution in [2.75, 3.05) is 0 Å². The molecular formula is C11H18N4O2. The first kappa shape index (κ1) is 12.0. The molecule has 94 valence electrons. The molecule has 1 fully saturated rings. The van der Waals surface area contributed by atoms with Gasteiger partial charge in [0.2, 0.25) is 0 Å². The molecule has 0 spiro atoms. The van der Waals surface area contributed by atoms with Crippen LogP contribution in [0, 0.1) is 13.8 Å². The maximum Gasteiger partial charge on any atom is 0.320 e. The SMILES string of the molecule is Cc1nc(C)n(CCC(NC2CC2)C(=O)O)n1. The van der Waals surface area contributed by atoms with E-state index in [1.54, 1.807) is 4.68 Å². The maximum atomic E-state index is 11.1. The van der Waals surface area contributed by atoms with E-state index in [4.69, 9.17) is 5.11 Å². The Balaban J connectivity index is 1.89. The Morgan fingerprint density at radius 1 is 1.59 bits per heavy atom. The normalized spacial score (nSPS) is 17.1. The molecule has 6 nitrogen and oxygen atoms in total. The largest absolute Gasteiger partial charge is 0.480 e. The van der Waals surface area contributed by atoms with E-state index in [1.807, 2.05) is 13.8 Å². The van der Waals surface area contributed by atoms with Crippen molar-refractivity contribution in [3.63, 3.8) is 0 Å². The van der Waals surface area contributed by atoms with Gasteiger partial charge >= 0.3 is 5.97 Å². The van der Waals surface area contributed by atoms with Crippen LogP contribution in [0.4, 0.5) is 0 Å². The van der Waals surface area contributed by atoms with Gasteiger partial charge in [0.05, 0.1) is 0 Å². The van der Waals surface area contributed by atoms with Crippen molar-refractivity contribution in [1.29, 1.82) is 0 Å². The van der Waals surface area contributed by atoms with E-state index in [0.29, 0.717) is 19.0 Å². The number of nitrogens with zero attached hydrogens (tertiary/aromatic N) is 3. The molecule has 0 saturated heterocycles. The van der Waals surface area contributed by atoms with Crippen LogP contribution in [0.25, 0.3) is 0 Å². The Labute approximate surface area is 100 Å². The molecule has 0 aromatic carbocycles. The number of carbonyl (C=O) groups is 1. The molecule has 17 heavy (non-hydrogen) atoms. The van der Waals surface area contributed by atoms with Crippen LogP contribution in [0.2, 0.25) is 0 Å². The number of aromatic nitrogens is 3. The van der Waals surface area contributed by atoms with E-state index in [1.165, 1.54) is 0 Å². The van der Waals surface area contributed by atoms with Gasteiger partial charge < -0.3 is 10.4 Å². The Bertz CT molecular complexity index is 412. The first-order chi connectivity index (χ1) is 8.06. The molecule has 0 amide bonds. The van der Waals surface area contributed by atoms with E-state index in [0.717, 1.165) is 24.5 Å². The molecule has 1 aliphatic rings. The van der Waals surface area contributed by atoms with Gasteiger partial charge in [0, 0.05) is 12.6 Å². The summed E-state index contributed by atoms with van der Waals surface area (Å²) in [5.74, 6) is 0.772. The average molecular weight is 238 g/mol. The molecule has 1 aromatic rings. The average Bonchev–Trinajstić information content (AvgIpc) is 2.99. The number of nitrogens with one attached hydrogen (secondary N) is 1. The number of hydrogen-bond acceptors (Lipinski definition) is 4. The molecular weight excluding hydrogens is 220 g/mol. The van der Waals surface area contributed by atoms with E-state index in [9.17, 15) is 4.79 Å². The Kier molecular flexibility index (Phi) is 3.42. The van der Waals surface area contributed by atoms with Gasteiger partial charge in [-0.2, -0.15) is 5.10 Å². The number of aryl methyl sites for hydroxylation is 3. The van der Waals surface area contributed by atoms with Gasteiger partial charge in [0.15, 0.2) is 0 Å². The summed E-state index contributed by atoms with van der Waals surface area (Å²) in [5, 5.41) is 16.4. The highest BCUT2D eigenvalue weighted by Crippen LogP contribution is 2.20. The third-order valence-corrected chi connectivity index (χ3v) is 2.90. The molecule has 2 N–H and O–H groups in total. The summed E-state index contributed by atoms with van der Waals surface area (Å²) in [4.78, 5) is 15.3. The minimum absolute atomic E-state index is 0.398. The van der Waals surface area contributed by atoms with E-state index >= 15 is 0 Å². The van der Waals surface area contributed by atoms with Gasteiger partial charge in [0.25, 0.3) is 0 Å². The Hall–Kier alpha value is -1.43. The van der Waals surface area contributed by atoms with Crippen LogP contribution in [-0.4, -0.2) is 37.9 Å². The quantitative estimate of drug-likeness (QED) is 0.754. The van der Waals surface area contributed by atoms with Crippen molar-refractivity contribution >= 4 is 5.97 Å². The molecule has 1 unspecified atom stereocenters. The molecule has 6 heteroatoms. The van der Waals surface area contributed by atoms with E-state index < -0.39 is 12.0 Å². The zero-order chi connectivity index (χ0) is 12.4. The maximum absolute atomic E-state index is 11.1. The van der Waals surface area contributed by atoms with Crippen LogP contribution < -0.4 is 5.32 Å². The van der Waals surface area contributed by atoms with E-state index in [2.05, 4.69) is 15.4 Å². The molecule has 0 radical (unpaired) electrons. The second kappa shape index (κ2) is 4.83. The van der Waals surface area contributed by atoms with Crippen LogP contribution >= 0.6 is 0 Å². The van der Waals surface area contributed by atoms with Crippen molar-refractivity contribution in [3.05, 3.63) is 11.6 Å². The molecule has 2 rings (SSSR count). The number of aliphatic carboxylic acids is 1. The third kappa shape index (κ3) is 3.26. The van der Waals surface area contributed by atoms with Crippen LogP contribution in [0.1, 0.15) is 30.9 Å². The van der Waals surface area contributed by atoms with Crippen LogP contribution in [0.5, 0.6) is 0 Å². The van der Waals surface area contributed by atoms with E-state index in [-0.39, 0.29) is 0 Å². The number of hydrogen-bond donors (Lipinski definition) is 2. The monoisotopic (exact) mass is 238 g/mol. The summed E-state index contributed by atoms with van der Waals surface area (Å²) in [6, 6.07) is -0.0823. The number of carboxylic acid groups (broad SMARTS) is 1. The standard InChI is InChI=1S/C11H18N4O2/c1-7-12-8(2)15(14-7)6-5-10(11(16)17)13-9-3-4-9/h9-10,13H,3-6H2,1-2H3,(H,16,17). The third-order valence-electron chi connectivity index (χ3n) is 2.90. The fraction of sp³-hybridized carbons (Fsp3) is 0.727. The van der Waals surface area contributed by atoms with Gasteiger partial charge in [-0.1, -0.05) is 0 Å². The molecule has 1 aliphatic carbocycles. The van der Waals surface area contributed by atoms with Crippen molar-refractivity contribution in [1.82, 2.24) is 20.1 Å². The lowest BCUT2D eigenvalue weighted by Gasteiger charge is -2.13. The van der Waals surface area contributed by atoms with Crippen LogP contribution in [0.15, 0.2) is 0 Å². The summed E-state index contributed by atoms with van der Waals surface area (Å²) >= 11 is 0. The first-order valence-electron chi connectivity index (χ1n) is 5.93. The molecule has 1 aromatic heterocycles. The number of carboxylic acids is 1. The highest BCUT2D eigenvalue weighted by atomic mass is 16.4.